The predicted octanol–water partition coefficient (Wildman–Crippen LogP) is 5.03. The first-order chi connectivity index (χ1) is 17.2. The Balaban J connectivity index is 1.28. The zero-order valence-electron chi connectivity index (χ0n) is 20.4. The highest BCUT2D eigenvalue weighted by molar-refractivity contribution is 5.91. The van der Waals surface area contributed by atoms with Crippen molar-refractivity contribution in [2.75, 3.05) is 6.54 Å². The molecule has 0 fully saturated rings. The third-order valence-electron chi connectivity index (χ3n) is 6.10. The van der Waals surface area contributed by atoms with Gasteiger partial charge in [0.25, 0.3) is 5.91 Å². The van der Waals surface area contributed by atoms with E-state index in [-0.39, 0.29) is 36.1 Å². The van der Waals surface area contributed by atoms with Gasteiger partial charge in [0.05, 0.1) is 23.4 Å². The van der Waals surface area contributed by atoms with Crippen LogP contribution in [0.1, 0.15) is 47.0 Å². The van der Waals surface area contributed by atoms with Crippen molar-refractivity contribution in [1.82, 2.24) is 15.1 Å². The number of nitrogens with one attached hydrogen (secondary N) is 1. The summed E-state index contributed by atoms with van der Waals surface area (Å²) in [5.41, 5.74) is 2.93. The molecule has 0 radical (unpaired) electrons. The van der Waals surface area contributed by atoms with E-state index in [2.05, 4.69) is 48.5 Å². The van der Waals surface area contributed by atoms with Crippen LogP contribution in [0.5, 0.6) is 5.75 Å². The highest BCUT2D eigenvalue weighted by Crippen LogP contribution is 2.32. The van der Waals surface area contributed by atoms with E-state index < -0.39 is 4.92 Å². The van der Waals surface area contributed by atoms with E-state index in [1.54, 1.807) is 19.1 Å². The monoisotopic (exact) mass is 488 g/mol. The number of carbonyl (C=O) groups excluding carboxylic acids is 1. The van der Waals surface area contributed by atoms with Crippen LogP contribution in [0.3, 0.4) is 0 Å². The molecule has 0 aliphatic rings. The minimum absolute atomic E-state index is 0.131. The van der Waals surface area contributed by atoms with Crippen LogP contribution < -0.4 is 10.1 Å². The maximum absolute atomic E-state index is 12.4. The lowest BCUT2D eigenvalue weighted by Gasteiger charge is -2.26. The van der Waals surface area contributed by atoms with Gasteiger partial charge in [-0.25, -0.2) is 0 Å². The zero-order valence-corrected chi connectivity index (χ0v) is 20.4. The van der Waals surface area contributed by atoms with Crippen LogP contribution >= 0.6 is 0 Å². The number of carbonyl (C=O) groups is 1. The van der Waals surface area contributed by atoms with Gasteiger partial charge in [0.15, 0.2) is 5.76 Å². The Morgan fingerprint density at radius 1 is 1.08 bits per heavy atom. The quantitative estimate of drug-likeness (QED) is 0.248. The second kappa shape index (κ2) is 10.5. The Morgan fingerprint density at radius 3 is 2.44 bits per heavy atom. The van der Waals surface area contributed by atoms with Crippen molar-refractivity contribution < 1.29 is 18.9 Å². The minimum Gasteiger partial charge on any atom is -0.486 e. The first-order valence-electron chi connectivity index (χ1n) is 11.6. The van der Waals surface area contributed by atoms with E-state index in [9.17, 15) is 14.9 Å². The SMILES string of the molecule is Cc1cc([N+](=O)[O-])nn1CCNC(=O)c1ccc(COc2ccc(C(C)(C)c3ccccc3)cc2)o1. The van der Waals surface area contributed by atoms with Crippen molar-refractivity contribution >= 4 is 11.7 Å². The second-order valence-corrected chi connectivity index (χ2v) is 8.95. The van der Waals surface area contributed by atoms with Gasteiger partial charge in [0.1, 0.15) is 18.1 Å². The zero-order chi connectivity index (χ0) is 25.7. The highest BCUT2D eigenvalue weighted by Gasteiger charge is 2.22. The fourth-order valence-corrected chi connectivity index (χ4v) is 3.89. The number of hydrogen-bond donors (Lipinski definition) is 1. The Hall–Kier alpha value is -4.40. The third-order valence-corrected chi connectivity index (χ3v) is 6.10. The summed E-state index contributed by atoms with van der Waals surface area (Å²) in [5.74, 6) is 0.787. The molecule has 0 aliphatic carbocycles. The summed E-state index contributed by atoms with van der Waals surface area (Å²) in [6.45, 7) is 6.83. The molecule has 0 bridgehead atoms. The standard InChI is InChI=1S/C27H28N4O5/c1-19-17-25(31(33)34)29-30(19)16-15-28-26(32)24-14-13-23(36-24)18-35-22-11-9-21(10-12-22)27(2,3)20-7-5-4-6-8-20/h4-14,17H,15-16,18H2,1-3H3,(H,28,32). The van der Waals surface area contributed by atoms with Crippen molar-refractivity contribution in [3.05, 3.63) is 111 Å². The Bertz CT molecular complexity index is 1340. The molecular weight excluding hydrogens is 460 g/mol. The maximum atomic E-state index is 12.4. The number of rotatable bonds is 10. The molecule has 4 rings (SSSR count). The van der Waals surface area contributed by atoms with Crippen molar-refractivity contribution in [3.63, 3.8) is 0 Å². The summed E-state index contributed by atoms with van der Waals surface area (Å²) in [6, 6.07) is 23.0. The highest BCUT2D eigenvalue weighted by atomic mass is 16.6. The minimum atomic E-state index is -0.547. The number of amides is 1. The molecule has 2 aromatic carbocycles. The van der Waals surface area contributed by atoms with Crippen LogP contribution in [-0.2, 0) is 18.6 Å². The van der Waals surface area contributed by atoms with Crippen LogP contribution in [-0.4, -0.2) is 27.2 Å². The van der Waals surface area contributed by atoms with E-state index in [0.717, 1.165) is 0 Å². The topological polar surface area (TPSA) is 112 Å². The first-order valence-corrected chi connectivity index (χ1v) is 11.6. The van der Waals surface area contributed by atoms with E-state index in [0.29, 0.717) is 23.7 Å². The molecule has 0 unspecified atom stereocenters. The number of aryl methyl sites for hydroxylation is 1. The van der Waals surface area contributed by atoms with Gasteiger partial charge in [-0.2, -0.15) is 4.68 Å². The van der Waals surface area contributed by atoms with Crippen molar-refractivity contribution in [1.29, 1.82) is 0 Å². The molecule has 1 N–H and O–H groups in total. The molecule has 2 aromatic heterocycles. The first kappa shape index (κ1) is 24.7. The summed E-state index contributed by atoms with van der Waals surface area (Å²) in [4.78, 5) is 22.7. The number of nitrogens with zero attached hydrogens (tertiary/aromatic N) is 3. The van der Waals surface area contributed by atoms with Gasteiger partial charge in [-0.3, -0.25) is 4.79 Å². The van der Waals surface area contributed by atoms with E-state index in [4.69, 9.17) is 9.15 Å². The molecule has 0 spiro atoms. The van der Waals surface area contributed by atoms with Crippen LogP contribution in [0.4, 0.5) is 5.82 Å². The average Bonchev–Trinajstić information content (AvgIpc) is 3.50. The van der Waals surface area contributed by atoms with Crippen LogP contribution in [0.25, 0.3) is 0 Å². The smallest absolute Gasteiger partial charge is 0.390 e. The maximum Gasteiger partial charge on any atom is 0.390 e. The fraction of sp³-hybridized carbons (Fsp3) is 0.259. The lowest BCUT2D eigenvalue weighted by Crippen LogP contribution is -2.27. The molecule has 9 heteroatoms. The van der Waals surface area contributed by atoms with Gasteiger partial charge in [0, 0.05) is 12.0 Å². The van der Waals surface area contributed by atoms with Gasteiger partial charge >= 0.3 is 5.82 Å². The normalized spacial score (nSPS) is 11.3. The number of furan rings is 1. The molecule has 0 atom stereocenters. The summed E-state index contributed by atoms with van der Waals surface area (Å²) in [7, 11) is 0. The Kier molecular flexibility index (Phi) is 7.19. The number of nitro groups is 1. The summed E-state index contributed by atoms with van der Waals surface area (Å²) in [5, 5.41) is 17.5. The van der Waals surface area contributed by atoms with Gasteiger partial charge < -0.3 is 24.6 Å². The van der Waals surface area contributed by atoms with Crippen LogP contribution in [0.15, 0.2) is 77.2 Å². The summed E-state index contributed by atoms with van der Waals surface area (Å²) < 4.78 is 12.9. The molecule has 0 saturated heterocycles. The van der Waals surface area contributed by atoms with Gasteiger partial charge in [0.2, 0.25) is 0 Å². The Morgan fingerprint density at radius 2 is 1.78 bits per heavy atom. The predicted molar refractivity (Wildman–Crippen MR) is 134 cm³/mol. The van der Waals surface area contributed by atoms with Gasteiger partial charge in [-0.1, -0.05) is 56.3 Å². The van der Waals surface area contributed by atoms with Crippen LogP contribution in [0, 0.1) is 17.0 Å². The molecule has 186 valence electrons. The van der Waals surface area contributed by atoms with Crippen molar-refractivity contribution in [3.8, 4) is 5.75 Å². The molecular formula is C27H28N4O5. The molecule has 4 aromatic rings. The van der Waals surface area contributed by atoms with Gasteiger partial charge in [-0.05, 0) is 47.2 Å². The van der Waals surface area contributed by atoms with Crippen molar-refractivity contribution in [2.45, 2.75) is 39.3 Å². The van der Waals surface area contributed by atoms with Crippen LogP contribution in [0.2, 0.25) is 0 Å². The van der Waals surface area contributed by atoms with Gasteiger partial charge in [-0.15, -0.1) is 0 Å². The number of aromatic nitrogens is 2. The molecule has 2 heterocycles. The van der Waals surface area contributed by atoms with Crippen molar-refractivity contribution in [2.24, 2.45) is 0 Å². The summed E-state index contributed by atoms with van der Waals surface area (Å²) >= 11 is 0. The second-order valence-electron chi connectivity index (χ2n) is 8.95. The largest absolute Gasteiger partial charge is 0.486 e. The number of ether oxygens (including phenoxy) is 1. The average molecular weight is 489 g/mol. The molecule has 0 aliphatic heterocycles. The fourth-order valence-electron chi connectivity index (χ4n) is 3.89. The number of benzene rings is 2. The van der Waals surface area contributed by atoms with E-state index >= 15 is 0 Å². The lowest BCUT2D eigenvalue weighted by atomic mass is 9.78. The molecule has 0 saturated carbocycles. The molecule has 1 amide bonds. The third kappa shape index (κ3) is 5.63. The van der Waals surface area contributed by atoms with E-state index in [1.807, 2.05) is 30.3 Å². The molecule has 9 nitrogen and oxygen atoms in total. The lowest BCUT2D eigenvalue weighted by molar-refractivity contribution is -0.389. The number of hydrogen-bond acceptors (Lipinski definition) is 6. The summed E-state index contributed by atoms with van der Waals surface area (Å²) in [6.07, 6.45) is 0. The molecule has 36 heavy (non-hydrogen) atoms. The van der Waals surface area contributed by atoms with E-state index in [1.165, 1.54) is 21.9 Å². The Labute approximate surface area is 208 Å².